The van der Waals surface area contributed by atoms with E-state index in [4.69, 9.17) is 21.7 Å². The zero-order valence-electron chi connectivity index (χ0n) is 13.0. The molecule has 0 unspecified atom stereocenters. The van der Waals surface area contributed by atoms with Crippen molar-refractivity contribution in [2.45, 2.75) is 0 Å². The number of benzene rings is 1. The number of nitrogens with zero attached hydrogens (tertiary/aromatic N) is 4. The number of carbonyl (C=O) groups is 1. The van der Waals surface area contributed by atoms with E-state index in [2.05, 4.69) is 9.97 Å². The van der Waals surface area contributed by atoms with Crippen LogP contribution in [-0.2, 0) is 11.8 Å². The van der Waals surface area contributed by atoms with Crippen molar-refractivity contribution < 1.29 is 9.90 Å². The van der Waals surface area contributed by atoms with Gasteiger partial charge in [-0.15, -0.1) is 0 Å². The number of pyridine rings is 1. The first kappa shape index (κ1) is 15.7. The number of aromatic nitrogens is 4. The van der Waals surface area contributed by atoms with E-state index < -0.39 is 5.97 Å². The van der Waals surface area contributed by atoms with Crippen LogP contribution in [0.4, 0.5) is 0 Å². The van der Waals surface area contributed by atoms with Crippen molar-refractivity contribution in [2.24, 2.45) is 7.05 Å². The Morgan fingerprint density at radius 2 is 2.16 bits per heavy atom. The molecule has 0 bridgehead atoms. The predicted molar refractivity (Wildman–Crippen MR) is 98.8 cm³/mol. The van der Waals surface area contributed by atoms with Crippen LogP contribution in [0.25, 0.3) is 38.0 Å². The topological polar surface area (TPSA) is 80.9 Å². The van der Waals surface area contributed by atoms with Gasteiger partial charge in [-0.2, -0.15) is 0 Å². The molecule has 0 aliphatic heterocycles. The molecule has 3 heterocycles. The van der Waals surface area contributed by atoms with E-state index in [1.54, 1.807) is 12.4 Å². The SMILES string of the molecule is Cn1cnc2c(Cl)nc3sc(-c4cccc(C=CC(=O)O)c4)nc3c21. The fourth-order valence-electron chi connectivity index (χ4n) is 2.61. The highest BCUT2D eigenvalue weighted by Crippen LogP contribution is 2.35. The molecule has 4 rings (SSSR count). The highest BCUT2D eigenvalue weighted by molar-refractivity contribution is 7.21. The van der Waals surface area contributed by atoms with E-state index in [9.17, 15) is 4.79 Å². The number of imidazole rings is 1. The van der Waals surface area contributed by atoms with Gasteiger partial charge in [-0.1, -0.05) is 41.1 Å². The van der Waals surface area contributed by atoms with E-state index in [0.717, 1.165) is 38.1 Å². The molecule has 1 aromatic carbocycles. The summed E-state index contributed by atoms with van der Waals surface area (Å²) in [5, 5.41) is 9.91. The van der Waals surface area contributed by atoms with Gasteiger partial charge in [-0.25, -0.2) is 19.7 Å². The number of aryl methyl sites for hydroxylation is 1. The van der Waals surface area contributed by atoms with Gasteiger partial charge in [0.2, 0.25) is 0 Å². The Morgan fingerprint density at radius 1 is 1.32 bits per heavy atom. The predicted octanol–water partition coefficient (Wildman–Crippen LogP) is 4.00. The average molecular weight is 371 g/mol. The first-order valence-corrected chi connectivity index (χ1v) is 8.51. The molecule has 4 aromatic rings. The summed E-state index contributed by atoms with van der Waals surface area (Å²) in [7, 11) is 1.89. The Hall–Kier alpha value is -2.77. The maximum absolute atomic E-state index is 10.7. The third kappa shape index (κ3) is 2.77. The molecule has 0 saturated carbocycles. The highest BCUT2D eigenvalue weighted by atomic mass is 35.5. The van der Waals surface area contributed by atoms with Crippen LogP contribution in [0, 0.1) is 0 Å². The fourth-order valence-corrected chi connectivity index (χ4v) is 3.82. The zero-order valence-corrected chi connectivity index (χ0v) is 14.5. The Morgan fingerprint density at radius 3 is 2.96 bits per heavy atom. The van der Waals surface area contributed by atoms with E-state index in [1.807, 2.05) is 35.9 Å². The number of hydrogen-bond acceptors (Lipinski definition) is 5. The van der Waals surface area contributed by atoms with Gasteiger partial charge >= 0.3 is 5.97 Å². The number of aliphatic carboxylic acids is 1. The third-order valence-electron chi connectivity index (χ3n) is 3.72. The Bertz CT molecular complexity index is 1160. The Labute approximate surface area is 151 Å². The largest absolute Gasteiger partial charge is 0.478 e. The van der Waals surface area contributed by atoms with Gasteiger partial charge in [-0.3, -0.25) is 0 Å². The van der Waals surface area contributed by atoms with Crippen LogP contribution in [0.2, 0.25) is 5.15 Å². The molecular formula is C17H11ClN4O2S. The number of halogens is 1. The molecule has 1 N–H and O–H groups in total. The Kier molecular flexibility index (Phi) is 3.74. The van der Waals surface area contributed by atoms with Crippen LogP contribution in [0.1, 0.15) is 5.56 Å². The summed E-state index contributed by atoms with van der Waals surface area (Å²) in [6, 6.07) is 7.52. The number of hydrogen-bond donors (Lipinski definition) is 1. The normalized spacial score (nSPS) is 11.8. The van der Waals surface area contributed by atoms with Crippen molar-refractivity contribution in [1.82, 2.24) is 19.5 Å². The van der Waals surface area contributed by atoms with Gasteiger partial charge < -0.3 is 9.67 Å². The maximum Gasteiger partial charge on any atom is 0.328 e. The summed E-state index contributed by atoms with van der Waals surface area (Å²) in [6.07, 6.45) is 4.35. The van der Waals surface area contributed by atoms with Crippen LogP contribution >= 0.6 is 22.9 Å². The minimum absolute atomic E-state index is 0.358. The lowest BCUT2D eigenvalue weighted by Gasteiger charge is -1.98. The van der Waals surface area contributed by atoms with Gasteiger partial charge in [0.05, 0.1) is 6.33 Å². The lowest BCUT2D eigenvalue weighted by molar-refractivity contribution is -0.131. The molecule has 0 fully saturated rings. The van der Waals surface area contributed by atoms with Gasteiger partial charge in [-0.05, 0) is 17.7 Å². The number of thiazole rings is 1. The summed E-state index contributed by atoms with van der Waals surface area (Å²) in [5.41, 5.74) is 3.91. The van der Waals surface area contributed by atoms with Crippen molar-refractivity contribution in [3.05, 3.63) is 47.4 Å². The second-order valence-electron chi connectivity index (χ2n) is 5.43. The van der Waals surface area contributed by atoms with Crippen molar-refractivity contribution >= 4 is 56.4 Å². The van der Waals surface area contributed by atoms with Crippen LogP contribution in [-0.4, -0.2) is 30.6 Å². The molecule has 6 nitrogen and oxygen atoms in total. The summed E-state index contributed by atoms with van der Waals surface area (Å²) < 4.78 is 1.88. The van der Waals surface area contributed by atoms with E-state index in [0.29, 0.717) is 10.7 Å². The number of carboxylic acid groups (broad SMARTS) is 1. The van der Waals surface area contributed by atoms with E-state index in [1.165, 1.54) is 11.3 Å². The monoisotopic (exact) mass is 370 g/mol. The smallest absolute Gasteiger partial charge is 0.328 e. The standard InChI is InChI=1S/C17H11ClN4O2S/c1-22-8-19-12-14(22)13-17(21-15(12)18)25-16(20-13)10-4-2-3-9(7-10)5-6-11(23)24/h2-8H,1H3,(H,23,24). The highest BCUT2D eigenvalue weighted by Gasteiger charge is 2.16. The molecule has 0 aliphatic carbocycles. The van der Waals surface area contributed by atoms with Crippen molar-refractivity contribution in [3.8, 4) is 10.6 Å². The second kappa shape index (κ2) is 5.94. The maximum atomic E-state index is 10.7. The molecule has 25 heavy (non-hydrogen) atoms. The van der Waals surface area contributed by atoms with Crippen LogP contribution in [0.5, 0.6) is 0 Å². The third-order valence-corrected chi connectivity index (χ3v) is 4.98. The van der Waals surface area contributed by atoms with Gasteiger partial charge in [0.15, 0.2) is 5.15 Å². The molecule has 0 aliphatic rings. The quantitative estimate of drug-likeness (QED) is 0.435. The first-order chi connectivity index (χ1) is 12.0. The molecular weight excluding hydrogens is 360 g/mol. The lowest BCUT2D eigenvalue weighted by Crippen LogP contribution is -1.88. The van der Waals surface area contributed by atoms with Crippen LogP contribution in [0.3, 0.4) is 0 Å². The number of carboxylic acids is 1. The van der Waals surface area contributed by atoms with Gasteiger partial charge in [0.1, 0.15) is 26.4 Å². The molecule has 8 heteroatoms. The molecule has 0 spiro atoms. The molecule has 0 saturated heterocycles. The van der Waals surface area contributed by atoms with Crippen LogP contribution in [0.15, 0.2) is 36.7 Å². The molecule has 3 aromatic heterocycles. The van der Waals surface area contributed by atoms with Crippen molar-refractivity contribution in [2.75, 3.05) is 0 Å². The number of rotatable bonds is 3. The second-order valence-corrected chi connectivity index (χ2v) is 6.76. The minimum atomic E-state index is -0.983. The lowest BCUT2D eigenvalue weighted by atomic mass is 10.1. The summed E-state index contributed by atoms with van der Waals surface area (Å²) >= 11 is 7.66. The summed E-state index contributed by atoms with van der Waals surface area (Å²) in [6.45, 7) is 0. The fraction of sp³-hybridized carbons (Fsp3) is 0.0588. The number of fused-ring (bicyclic) bond motifs is 3. The minimum Gasteiger partial charge on any atom is -0.478 e. The van der Waals surface area contributed by atoms with Gasteiger partial charge in [0.25, 0.3) is 0 Å². The van der Waals surface area contributed by atoms with E-state index >= 15 is 0 Å². The summed E-state index contributed by atoms with van der Waals surface area (Å²) in [4.78, 5) is 24.8. The van der Waals surface area contributed by atoms with Gasteiger partial charge in [0, 0.05) is 18.7 Å². The van der Waals surface area contributed by atoms with Crippen LogP contribution < -0.4 is 0 Å². The molecule has 0 radical (unpaired) electrons. The van der Waals surface area contributed by atoms with Crippen molar-refractivity contribution in [1.29, 1.82) is 0 Å². The molecule has 124 valence electrons. The average Bonchev–Trinajstić information content (AvgIpc) is 3.17. The Balaban J connectivity index is 1.88. The van der Waals surface area contributed by atoms with E-state index in [-0.39, 0.29) is 0 Å². The molecule has 0 atom stereocenters. The first-order valence-electron chi connectivity index (χ1n) is 7.31. The molecule has 0 amide bonds. The zero-order chi connectivity index (χ0) is 17.6. The summed E-state index contributed by atoms with van der Waals surface area (Å²) in [5.74, 6) is -0.983. The van der Waals surface area contributed by atoms with Crippen molar-refractivity contribution in [3.63, 3.8) is 0 Å².